The van der Waals surface area contributed by atoms with Crippen LogP contribution in [0.2, 0.25) is 0 Å². The maximum Gasteiger partial charge on any atom is 0.134 e. The number of nitrogens with zero attached hydrogens (tertiary/aromatic N) is 3. The second-order valence-corrected chi connectivity index (χ2v) is 4.17. The highest BCUT2D eigenvalue weighted by Crippen LogP contribution is 2.03. The predicted molar refractivity (Wildman–Crippen MR) is 61.9 cm³/mol. The molecule has 1 rings (SSSR count). The van der Waals surface area contributed by atoms with Gasteiger partial charge in [-0.05, 0) is 13.3 Å². The molecule has 0 aliphatic carbocycles. The minimum Gasteiger partial charge on any atom is -0.315 e. The Morgan fingerprint density at radius 3 is 2.67 bits per heavy atom. The topological polar surface area (TPSA) is 42.7 Å². The molecule has 0 unspecified atom stereocenters. The molecule has 0 radical (unpaired) electrons. The molecule has 1 heterocycles. The van der Waals surface area contributed by atoms with Crippen LogP contribution in [0, 0.1) is 6.92 Å². The van der Waals surface area contributed by atoms with Gasteiger partial charge < -0.3 is 9.88 Å². The van der Waals surface area contributed by atoms with Gasteiger partial charge in [-0.1, -0.05) is 20.8 Å². The van der Waals surface area contributed by atoms with Crippen molar-refractivity contribution in [3.63, 3.8) is 0 Å². The molecule has 0 spiro atoms. The molecule has 0 saturated heterocycles. The Balaban J connectivity index is 2.52. The van der Waals surface area contributed by atoms with E-state index in [1.165, 1.54) is 0 Å². The summed E-state index contributed by atoms with van der Waals surface area (Å²) >= 11 is 0. The van der Waals surface area contributed by atoms with E-state index in [4.69, 9.17) is 0 Å². The Bertz CT molecular complexity index is 291. The summed E-state index contributed by atoms with van der Waals surface area (Å²) in [5, 5.41) is 11.7. The highest BCUT2D eigenvalue weighted by atomic mass is 15.3. The summed E-state index contributed by atoms with van der Waals surface area (Å²) in [6.45, 7) is 10.5. The van der Waals surface area contributed by atoms with Gasteiger partial charge in [-0.2, -0.15) is 0 Å². The molecule has 0 aliphatic rings. The maximum absolute atomic E-state index is 4.20. The van der Waals surface area contributed by atoms with E-state index < -0.39 is 0 Å². The SMILES string of the molecule is CCCn1c(C)nnc1CCNC(C)C. The van der Waals surface area contributed by atoms with Crippen LogP contribution < -0.4 is 5.32 Å². The number of aromatic nitrogens is 3. The van der Waals surface area contributed by atoms with Crippen molar-refractivity contribution in [3.05, 3.63) is 11.6 Å². The van der Waals surface area contributed by atoms with E-state index in [2.05, 4.69) is 40.9 Å². The maximum atomic E-state index is 4.20. The van der Waals surface area contributed by atoms with Gasteiger partial charge in [-0.3, -0.25) is 0 Å². The molecule has 1 aromatic rings. The van der Waals surface area contributed by atoms with Crippen molar-refractivity contribution in [3.8, 4) is 0 Å². The van der Waals surface area contributed by atoms with Crippen molar-refractivity contribution in [1.82, 2.24) is 20.1 Å². The van der Waals surface area contributed by atoms with E-state index in [-0.39, 0.29) is 0 Å². The van der Waals surface area contributed by atoms with Gasteiger partial charge in [-0.25, -0.2) is 0 Å². The molecule has 0 amide bonds. The summed E-state index contributed by atoms with van der Waals surface area (Å²) in [5.74, 6) is 2.12. The number of aryl methyl sites for hydroxylation is 1. The zero-order valence-corrected chi connectivity index (χ0v) is 10.2. The molecular formula is C11H22N4. The number of hydrogen-bond donors (Lipinski definition) is 1. The lowest BCUT2D eigenvalue weighted by molar-refractivity contribution is 0.560. The molecule has 0 fully saturated rings. The normalized spacial score (nSPS) is 11.3. The van der Waals surface area contributed by atoms with Crippen LogP contribution in [0.4, 0.5) is 0 Å². The summed E-state index contributed by atoms with van der Waals surface area (Å²) < 4.78 is 2.21. The second kappa shape index (κ2) is 5.85. The molecule has 15 heavy (non-hydrogen) atoms. The fourth-order valence-electron chi connectivity index (χ4n) is 1.60. The summed E-state index contributed by atoms with van der Waals surface area (Å²) in [7, 11) is 0. The van der Waals surface area contributed by atoms with E-state index in [1.54, 1.807) is 0 Å². The molecule has 0 aliphatic heterocycles. The minimum absolute atomic E-state index is 0.536. The average molecular weight is 210 g/mol. The third-order valence-corrected chi connectivity index (χ3v) is 2.36. The molecule has 0 saturated carbocycles. The molecule has 1 N–H and O–H groups in total. The first-order valence-corrected chi connectivity index (χ1v) is 5.77. The Hall–Kier alpha value is -0.900. The fraction of sp³-hybridized carbons (Fsp3) is 0.818. The molecular weight excluding hydrogens is 188 g/mol. The quantitative estimate of drug-likeness (QED) is 0.774. The molecule has 86 valence electrons. The standard InChI is InChI=1S/C11H22N4/c1-5-8-15-10(4)13-14-11(15)6-7-12-9(2)3/h9,12H,5-8H2,1-4H3. The molecule has 0 aromatic carbocycles. The third kappa shape index (κ3) is 3.63. The van der Waals surface area contributed by atoms with Crippen molar-refractivity contribution in [2.45, 2.75) is 53.1 Å². The van der Waals surface area contributed by atoms with Gasteiger partial charge in [0, 0.05) is 25.6 Å². The average Bonchev–Trinajstić information content (AvgIpc) is 2.50. The van der Waals surface area contributed by atoms with Crippen LogP contribution in [0.15, 0.2) is 0 Å². The van der Waals surface area contributed by atoms with Crippen LogP contribution in [0.25, 0.3) is 0 Å². The first-order chi connectivity index (χ1) is 7.15. The molecule has 4 nitrogen and oxygen atoms in total. The van der Waals surface area contributed by atoms with Gasteiger partial charge >= 0.3 is 0 Å². The van der Waals surface area contributed by atoms with Crippen LogP contribution in [-0.4, -0.2) is 27.4 Å². The van der Waals surface area contributed by atoms with E-state index in [9.17, 15) is 0 Å². The molecule has 0 atom stereocenters. The van der Waals surface area contributed by atoms with Gasteiger partial charge in [0.1, 0.15) is 11.6 Å². The van der Waals surface area contributed by atoms with Crippen molar-refractivity contribution in [1.29, 1.82) is 0 Å². The van der Waals surface area contributed by atoms with E-state index in [1.807, 2.05) is 6.92 Å². The summed E-state index contributed by atoms with van der Waals surface area (Å²) in [5.41, 5.74) is 0. The van der Waals surface area contributed by atoms with E-state index in [0.29, 0.717) is 6.04 Å². The Kier molecular flexibility index (Phi) is 4.75. The minimum atomic E-state index is 0.536. The van der Waals surface area contributed by atoms with Crippen molar-refractivity contribution in [2.75, 3.05) is 6.54 Å². The summed E-state index contributed by atoms with van der Waals surface area (Å²) in [6.07, 6.45) is 2.09. The largest absolute Gasteiger partial charge is 0.315 e. The van der Waals surface area contributed by atoms with E-state index in [0.717, 1.165) is 37.6 Å². The summed E-state index contributed by atoms with van der Waals surface area (Å²) in [6, 6.07) is 0.536. The molecule has 1 aromatic heterocycles. The van der Waals surface area contributed by atoms with Gasteiger partial charge in [0.25, 0.3) is 0 Å². The van der Waals surface area contributed by atoms with Crippen molar-refractivity contribution < 1.29 is 0 Å². The van der Waals surface area contributed by atoms with Crippen LogP contribution >= 0.6 is 0 Å². The first-order valence-electron chi connectivity index (χ1n) is 5.77. The van der Waals surface area contributed by atoms with Crippen LogP contribution in [-0.2, 0) is 13.0 Å². The molecule has 4 heteroatoms. The smallest absolute Gasteiger partial charge is 0.134 e. The zero-order chi connectivity index (χ0) is 11.3. The Morgan fingerprint density at radius 2 is 2.07 bits per heavy atom. The number of hydrogen-bond acceptors (Lipinski definition) is 3. The first kappa shape index (κ1) is 12.2. The second-order valence-electron chi connectivity index (χ2n) is 4.17. The lowest BCUT2D eigenvalue weighted by atomic mass is 10.3. The van der Waals surface area contributed by atoms with Crippen molar-refractivity contribution in [2.24, 2.45) is 0 Å². The fourth-order valence-corrected chi connectivity index (χ4v) is 1.60. The summed E-state index contributed by atoms with van der Waals surface area (Å²) in [4.78, 5) is 0. The van der Waals surface area contributed by atoms with Gasteiger partial charge in [0.2, 0.25) is 0 Å². The molecule has 0 bridgehead atoms. The lowest BCUT2D eigenvalue weighted by Crippen LogP contribution is -2.26. The monoisotopic (exact) mass is 210 g/mol. The highest BCUT2D eigenvalue weighted by molar-refractivity contribution is 4.94. The Morgan fingerprint density at radius 1 is 1.33 bits per heavy atom. The van der Waals surface area contributed by atoms with Gasteiger partial charge in [0.15, 0.2) is 0 Å². The van der Waals surface area contributed by atoms with Gasteiger partial charge in [0.05, 0.1) is 0 Å². The van der Waals surface area contributed by atoms with Crippen LogP contribution in [0.1, 0.15) is 38.8 Å². The van der Waals surface area contributed by atoms with Crippen molar-refractivity contribution >= 4 is 0 Å². The Labute approximate surface area is 92.1 Å². The van der Waals surface area contributed by atoms with E-state index >= 15 is 0 Å². The number of rotatable bonds is 6. The zero-order valence-electron chi connectivity index (χ0n) is 10.2. The predicted octanol–water partition coefficient (Wildman–Crippen LogP) is 1.54. The highest BCUT2D eigenvalue weighted by Gasteiger charge is 2.07. The number of nitrogens with one attached hydrogen (secondary N) is 1. The lowest BCUT2D eigenvalue weighted by Gasteiger charge is -2.09. The van der Waals surface area contributed by atoms with Crippen LogP contribution in [0.3, 0.4) is 0 Å². The van der Waals surface area contributed by atoms with Crippen LogP contribution in [0.5, 0.6) is 0 Å². The third-order valence-electron chi connectivity index (χ3n) is 2.36. The van der Waals surface area contributed by atoms with Gasteiger partial charge in [-0.15, -0.1) is 10.2 Å².